The molecule has 23 heavy (non-hydrogen) atoms. The summed E-state index contributed by atoms with van der Waals surface area (Å²) in [6.45, 7) is 4.41. The summed E-state index contributed by atoms with van der Waals surface area (Å²) in [5, 5.41) is 0. The molecule has 0 unspecified atom stereocenters. The summed E-state index contributed by atoms with van der Waals surface area (Å²) in [7, 11) is 1.58. The standard InChI is InChI=1S/C17H20N4O2/c1-13-3-5-14(6-4-13)11-20-7-8-21(12-16(20)22)17-18-9-15(23-2)10-19-17/h3-6,9-10H,7-8,11-12H2,1-2H3. The van der Waals surface area contributed by atoms with Crippen LogP contribution in [0.5, 0.6) is 5.75 Å². The minimum absolute atomic E-state index is 0.0937. The second kappa shape index (κ2) is 6.64. The van der Waals surface area contributed by atoms with Crippen LogP contribution in [0.25, 0.3) is 0 Å². The second-order valence-electron chi connectivity index (χ2n) is 5.65. The molecule has 1 aromatic heterocycles. The van der Waals surface area contributed by atoms with E-state index in [9.17, 15) is 4.79 Å². The van der Waals surface area contributed by atoms with Crippen molar-refractivity contribution in [1.82, 2.24) is 14.9 Å². The van der Waals surface area contributed by atoms with E-state index in [0.717, 1.165) is 12.1 Å². The van der Waals surface area contributed by atoms with E-state index in [1.54, 1.807) is 19.5 Å². The molecule has 0 radical (unpaired) electrons. The molecule has 0 bridgehead atoms. The number of ether oxygens (including phenoxy) is 1. The number of nitrogens with zero attached hydrogens (tertiary/aromatic N) is 4. The quantitative estimate of drug-likeness (QED) is 0.859. The lowest BCUT2D eigenvalue weighted by Gasteiger charge is -2.34. The first kappa shape index (κ1) is 15.3. The van der Waals surface area contributed by atoms with Gasteiger partial charge in [-0.2, -0.15) is 0 Å². The fraction of sp³-hybridized carbons (Fsp3) is 0.353. The van der Waals surface area contributed by atoms with E-state index in [1.807, 2.05) is 9.80 Å². The maximum atomic E-state index is 12.4. The van der Waals surface area contributed by atoms with Crippen LogP contribution in [0.2, 0.25) is 0 Å². The number of carbonyl (C=O) groups is 1. The third-order valence-corrected chi connectivity index (χ3v) is 3.95. The predicted octanol–water partition coefficient (Wildman–Crippen LogP) is 1.64. The van der Waals surface area contributed by atoms with Gasteiger partial charge in [-0.05, 0) is 12.5 Å². The average Bonchev–Trinajstić information content (AvgIpc) is 2.59. The Hall–Kier alpha value is -2.63. The first-order chi connectivity index (χ1) is 11.2. The molecule has 0 aliphatic carbocycles. The molecule has 2 heterocycles. The zero-order valence-electron chi connectivity index (χ0n) is 13.4. The van der Waals surface area contributed by atoms with Crippen LogP contribution in [0, 0.1) is 6.92 Å². The zero-order chi connectivity index (χ0) is 16.2. The van der Waals surface area contributed by atoms with Crippen molar-refractivity contribution in [3.05, 3.63) is 47.8 Å². The van der Waals surface area contributed by atoms with E-state index in [1.165, 1.54) is 5.56 Å². The number of aryl methyl sites for hydroxylation is 1. The Morgan fingerprint density at radius 2 is 1.83 bits per heavy atom. The van der Waals surface area contributed by atoms with E-state index in [4.69, 9.17) is 4.74 Å². The van der Waals surface area contributed by atoms with Crippen LogP contribution >= 0.6 is 0 Å². The minimum Gasteiger partial charge on any atom is -0.494 e. The first-order valence-electron chi connectivity index (χ1n) is 7.60. The summed E-state index contributed by atoms with van der Waals surface area (Å²) < 4.78 is 5.05. The highest BCUT2D eigenvalue weighted by atomic mass is 16.5. The molecule has 0 saturated carbocycles. The number of amides is 1. The number of methoxy groups -OCH3 is 1. The van der Waals surface area contributed by atoms with Gasteiger partial charge in [0, 0.05) is 19.6 Å². The van der Waals surface area contributed by atoms with Crippen molar-refractivity contribution < 1.29 is 9.53 Å². The van der Waals surface area contributed by atoms with E-state index >= 15 is 0 Å². The van der Waals surface area contributed by atoms with Crippen LogP contribution in [0.4, 0.5) is 5.95 Å². The lowest BCUT2D eigenvalue weighted by molar-refractivity contribution is -0.131. The highest BCUT2D eigenvalue weighted by Gasteiger charge is 2.25. The monoisotopic (exact) mass is 312 g/mol. The summed E-state index contributed by atoms with van der Waals surface area (Å²) in [6.07, 6.45) is 3.23. The summed E-state index contributed by atoms with van der Waals surface area (Å²) >= 11 is 0. The number of hydrogen-bond donors (Lipinski definition) is 0. The van der Waals surface area contributed by atoms with Gasteiger partial charge in [0.1, 0.15) is 6.54 Å². The number of benzene rings is 1. The normalized spacial score (nSPS) is 15.0. The summed E-state index contributed by atoms with van der Waals surface area (Å²) in [5.41, 5.74) is 2.37. The van der Waals surface area contributed by atoms with Crippen molar-refractivity contribution in [3.63, 3.8) is 0 Å². The molecule has 2 aromatic rings. The lowest BCUT2D eigenvalue weighted by atomic mass is 10.1. The Balaban J connectivity index is 1.62. The Kier molecular flexibility index (Phi) is 4.41. The molecular formula is C17H20N4O2. The third-order valence-electron chi connectivity index (χ3n) is 3.95. The molecule has 120 valence electrons. The molecule has 1 fully saturated rings. The molecule has 0 N–H and O–H groups in total. The molecule has 3 rings (SSSR count). The number of rotatable bonds is 4. The van der Waals surface area contributed by atoms with Gasteiger partial charge in [0.15, 0.2) is 5.75 Å². The lowest BCUT2D eigenvalue weighted by Crippen LogP contribution is -2.50. The second-order valence-corrected chi connectivity index (χ2v) is 5.65. The molecule has 0 spiro atoms. The van der Waals surface area contributed by atoms with Crippen molar-refractivity contribution >= 4 is 11.9 Å². The molecule has 6 heteroatoms. The largest absolute Gasteiger partial charge is 0.494 e. The smallest absolute Gasteiger partial charge is 0.242 e. The van der Waals surface area contributed by atoms with E-state index in [0.29, 0.717) is 31.3 Å². The number of carbonyl (C=O) groups excluding carboxylic acids is 1. The van der Waals surface area contributed by atoms with Crippen molar-refractivity contribution in [2.75, 3.05) is 31.6 Å². The van der Waals surface area contributed by atoms with Gasteiger partial charge in [-0.25, -0.2) is 9.97 Å². The molecule has 1 amide bonds. The van der Waals surface area contributed by atoms with Gasteiger partial charge in [-0.3, -0.25) is 4.79 Å². The fourth-order valence-electron chi connectivity index (χ4n) is 2.54. The third kappa shape index (κ3) is 3.59. The topological polar surface area (TPSA) is 58.6 Å². The number of piperazine rings is 1. The molecule has 1 saturated heterocycles. The molecule has 1 aliphatic heterocycles. The van der Waals surface area contributed by atoms with Crippen LogP contribution in [0.1, 0.15) is 11.1 Å². The Morgan fingerprint density at radius 1 is 1.13 bits per heavy atom. The highest BCUT2D eigenvalue weighted by Crippen LogP contribution is 2.16. The fourth-order valence-corrected chi connectivity index (χ4v) is 2.54. The Labute approximate surface area is 135 Å². The summed E-state index contributed by atoms with van der Waals surface area (Å²) in [6, 6.07) is 8.28. The van der Waals surface area contributed by atoms with Gasteiger partial charge in [0.05, 0.1) is 19.5 Å². The predicted molar refractivity (Wildman–Crippen MR) is 87.4 cm³/mol. The Bertz CT molecular complexity index is 670. The van der Waals surface area contributed by atoms with Gasteiger partial charge in [-0.1, -0.05) is 29.8 Å². The minimum atomic E-state index is 0.0937. The molecule has 1 aliphatic rings. The number of aromatic nitrogens is 2. The van der Waals surface area contributed by atoms with Crippen molar-refractivity contribution in [1.29, 1.82) is 0 Å². The highest BCUT2D eigenvalue weighted by molar-refractivity contribution is 5.82. The van der Waals surface area contributed by atoms with E-state index < -0.39 is 0 Å². The van der Waals surface area contributed by atoms with Gasteiger partial charge in [0.2, 0.25) is 11.9 Å². The molecule has 6 nitrogen and oxygen atoms in total. The maximum absolute atomic E-state index is 12.4. The van der Waals surface area contributed by atoms with Crippen molar-refractivity contribution in [3.8, 4) is 5.75 Å². The van der Waals surface area contributed by atoms with Gasteiger partial charge >= 0.3 is 0 Å². The van der Waals surface area contributed by atoms with Crippen LogP contribution in [-0.4, -0.2) is 47.5 Å². The maximum Gasteiger partial charge on any atom is 0.242 e. The zero-order valence-corrected chi connectivity index (χ0v) is 13.4. The molecule has 1 aromatic carbocycles. The van der Waals surface area contributed by atoms with Crippen LogP contribution in [0.3, 0.4) is 0 Å². The van der Waals surface area contributed by atoms with Gasteiger partial charge < -0.3 is 14.5 Å². The molecular weight excluding hydrogens is 292 g/mol. The van der Waals surface area contributed by atoms with Crippen LogP contribution in [-0.2, 0) is 11.3 Å². The number of hydrogen-bond acceptors (Lipinski definition) is 5. The van der Waals surface area contributed by atoms with E-state index in [-0.39, 0.29) is 5.91 Å². The Morgan fingerprint density at radius 3 is 2.43 bits per heavy atom. The van der Waals surface area contributed by atoms with Gasteiger partial charge in [0.25, 0.3) is 0 Å². The summed E-state index contributed by atoms with van der Waals surface area (Å²) in [4.78, 5) is 24.6. The SMILES string of the molecule is COc1cnc(N2CCN(Cc3ccc(C)cc3)C(=O)C2)nc1. The summed E-state index contributed by atoms with van der Waals surface area (Å²) in [5.74, 6) is 1.27. The average molecular weight is 312 g/mol. The van der Waals surface area contributed by atoms with E-state index in [2.05, 4.69) is 41.2 Å². The van der Waals surface area contributed by atoms with Gasteiger partial charge in [-0.15, -0.1) is 0 Å². The number of anilines is 1. The first-order valence-corrected chi connectivity index (χ1v) is 7.60. The van der Waals surface area contributed by atoms with Crippen molar-refractivity contribution in [2.24, 2.45) is 0 Å². The van der Waals surface area contributed by atoms with Crippen LogP contribution < -0.4 is 9.64 Å². The molecule has 0 atom stereocenters. The van der Waals surface area contributed by atoms with Crippen molar-refractivity contribution in [2.45, 2.75) is 13.5 Å². The van der Waals surface area contributed by atoms with Crippen LogP contribution in [0.15, 0.2) is 36.7 Å².